The minimum atomic E-state index is -0.323. The number of anilines is 1. The van der Waals surface area contributed by atoms with Crippen LogP contribution in [0.2, 0.25) is 10.2 Å². The monoisotopic (exact) mass is 321 g/mol. The fourth-order valence-corrected chi connectivity index (χ4v) is 2.02. The zero-order chi connectivity index (χ0) is 15.4. The number of hydrogen-bond acceptors (Lipinski definition) is 2. The molecule has 0 aliphatic carbocycles. The topological polar surface area (TPSA) is 70.9 Å². The predicted octanol–water partition coefficient (Wildman–Crippen LogP) is 3.19. The highest BCUT2D eigenvalue weighted by molar-refractivity contribution is 6.41. The molecule has 0 fully saturated rings. The van der Waals surface area contributed by atoms with Gasteiger partial charge in [-0.05, 0) is 30.7 Å². The van der Waals surface area contributed by atoms with Gasteiger partial charge in [0.05, 0.1) is 11.6 Å². The van der Waals surface area contributed by atoms with Crippen molar-refractivity contribution in [2.75, 3.05) is 11.9 Å². The molecule has 0 radical (unpaired) electrons. The maximum absolute atomic E-state index is 12.1. The van der Waals surface area contributed by atoms with Crippen LogP contribution in [0.1, 0.15) is 21.6 Å². The van der Waals surface area contributed by atoms with E-state index in [9.17, 15) is 4.79 Å². The van der Waals surface area contributed by atoms with Crippen molar-refractivity contribution >= 4 is 34.8 Å². The van der Waals surface area contributed by atoms with Crippen molar-refractivity contribution in [2.24, 2.45) is 5.73 Å². The minimum absolute atomic E-state index is 0.237. The highest BCUT2D eigenvalue weighted by Crippen LogP contribution is 2.23. The number of carbonyl (C=O) groups excluding carboxylic acids is 1. The first-order valence-electron chi connectivity index (χ1n) is 6.16. The summed E-state index contributed by atoms with van der Waals surface area (Å²) in [4.78, 5) is 14.9. The van der Waals surface area contributed by atoms with Crippen LogP contribution in [0, 0.1) is 18.8 Å². The average molecular weight is 322 g/mol. The van der Waals surface area contributed by atoms with Crippen molar-refractivity contribution in [1.29, 1.82) is 0 Å². The van der Waals surface area contributed by atoms with E-state index in [-0.39, 0.29) is 17.6 Å². The van der Waals surface area contributed by atoms with Crippen LogP contribution in [0.15, 0.2) is 24.3 Å². The molecule has 0 saturated heterocycles. The number of rotatable bonds is 2. The number of aromatic nitrogens is 1. The van der Waals surface area contributed by atoms with Gasteiger partial charge in [-0.1, -0.05) is 41.1 Å². The van der Waals surface area contributed by atoms with Gasteiger partial charge in [-0.25, -0.2) is 0 Å². The SMILES string of the molecule is Cc1ccc(C#CCN)cc1NC(=O)c1cc(Cl)c(Cl)[nH]1. The molecular weight excluding hydrogens is 309 g/mol. The first kappa shape index (κ1) is 15.5. The second-order valence-corrected chi connectivity index (χ2v) is 5.12. The van der Waals surface area contributed by atoms with Crippen molar-refractivity contribution in [3.05, 3.63) is 51.3 Å². The summed E-state index contributed by atoms with van der Waals surface area (Å²) in [5.41, 5.74) is 8.01. The summed E-state index contributed by atoms with van der Waals surface area (Å²) in [5, 5.41) is 3.34. The van der Waals surface area contributed by atoms with Crippen LogP contribution in [-0.4, -0.2) is 17.4 Å². The number of aryl methyl sites for hydroxylation is 1. The second kappa shape index (κ2) is 6.68. The molecule has 0 bridgehead atoms. The maximum Gasteiger partial charge on any atom is 0.272 e. The Balaban J connectivity index is 2.24. The van der Waals surface area contributed by atoms with Crippen LogP contribution in [0.3, 0.4) is 0 Å². The zero-order valence-corrected chi connectivity index (χ0v) is 12.8. The molecule has 0 atom stereocenters. The number of amides is 1. The Kier molecular flexibility index (Phi) is 4.92. The first-order valence-corrected chi connectivity index (χ1v) is 6.92. The molecule has 0 aliphatic rings. The Morgan fingerprint density at radius 3 is 2.76 bits per heavy atom. The molecule has 2 aromatic rings. The molecule has 4 nitrogen and oxygen atoms in total. The van der Waals surface area contributed by atoms with E-state index in [1.54, 1.807) is 6.07 Å². The third kappa shape index (κ3) is 3.79. The van der Waals surface area contributed by atoms with E-state index in [4.69, 9.17) is 28.9 Å². The summed E-state index contributed by atoms with van der Waals surface area (Å²) in [6, 6.07) is 7.02. The van der Waals surface area contributed by atoms with Gasteiger partial charge in [-0.3, -0.25) is 4.79 Å². The molecule has 1 aromatic heterocycles. The Labute approximate surface area is 132 Å². The standard InChI is InChI=1S/C15H13Cl2N3O/c1-9-4-5-10(3-2-6-18)7-12(9)20-15(21)13-8-11(16)14(17)19-13/h4-5,7-8,19H,6,18H2,1H3,(H,20,21). The molecule has 0 aliphatic heterocycles. The molecular formula is C15H13Cl2N3O. The number of carbonyl (C=O) groups is 1. The van der Waals surface area contributed by atoms with Crippen LogP contribution in [0.4, 0.5) is 5.69 Å². The molecule has 1 aromatic carbocycles. The van der Waals surface area contributed by atoms with Gasteiger partial charge in [0.15, 0.2) is 0 Å². The molecule has 1 amide bonds. The third-order valence-electron chi connectivity index (χ3n) is 2.79. The Bertz CT molecular complexity index is 722. The minimum Gasteiger partial charge on any atom is -0.340 e. The molecule has 4 N–H and O–H groups in total. The second-order valence-electron chi connectivity index (χ2n) is 4.33. The summed E-state index contributed by atoms with van der Waals surface area (Å²) < 4.78 is 0. The summed E-state index contributed by atoms with van der Waals surface area (Å²) in [5.74, 6) is 5.37. The third-order valence-corrected chi connectivity index (χ3v) is 3.48. The van der Waals surface area contributed by atoms with Gasteiger partial charge in [0.1, 0.15) is 10.8 Å². The summed E-state index contributed by atoms with van der Waals surface area (Å²) >= 11 is 11.6. The summed E-state index contributed by atoms with van der Waals surface area (Å²) in [7, 11) is 0. The largest absolute Gasteiger partial charge is 0.340 e. The number of hydrogen-bond donors (Lipinski definition) is 3. The van der Waals surface area contributed by atoms with E-state index in [1.165, 1.54) is 6.07 Å². The molecule has 2 rings (SSSR count). The fraction of sp³-hybridized carbons (Fsp3) is 0.133. The summed E-state index contributed by atoms with van der Waals surface area (Å²) in [6.07, 6.45) is 0. The quantitative estimate of drug-likeness (QED) is 0.743. The van der Waals surface area contributed by atoms with Gasteiger partial charge in [0.25, 0.3) is 5.91 Å². The van der Waals surface area contributed by atoms with E-state index in [2.05, 4.69) is 22.1 Å². The van der Waals surface area contributed by atoms with Crippen molar-refractivity contribution in [1.82, 2.24) is 4.98 Å². The van der Waals surface area contributed by atoms with Crippen LogP contribution < -0.4 is 11.1 Å². The van der Waals surface area contributed by atoms with Gasteiger partial charge in [-0.15, -0.1) is 0 Å². The normalized spacial score (nSPS) is 9.90. The van der Waals surface area contributed by atoms with Gasteiger partial charge in [0.2, 0.25) is 0 Å². The van der Waals surface area contributed by atoms with Crippen molar-refractivity contribution in [3.63, 3.8) is 0 Å². The molecule has 0 saturated carbocycles. The number of halogens is 2. The van der Waals surface area contributed by atoms with Gasteiger partial charge < -0.3 is 16.0 Å². The summed E-state index contributed by atoms with van der Waals surface area (Å²) in [6.45, 7) is 2.18. The molecule has 0 spiro atoms. The van der Waals surface area contributed by atoms with Crippen LogP contribution >= 0.6 is 23.2 Å². The van der Waals surface area contributed by atoms with Gasteiger partial charge >= 0.3 is 0 Å². The number of aromatic amines is 1. The Hall–Kier alpha value is -1.93. The molecule has 108 valence electrons. The average Bonchev–Trinajstić information content (AvgIpc) is 2.79. The molecule has 6 heteroatoms. The van der Waals surface area contributed by atoms with E-state index in [0.29, 0.717) is 16.4 Å². The molecule has 0 unspecified atom stereocenters. The lowest BCUT2D eigenvalue weighted by Gasteiger charge is -2.08. The van der Waals surface area contributed by atoms with Gasteiger partial charge in [-0.2, -0.15) is 0 Å². The van der Waals surface area contributed by atoms with E-state index >= 15 is 0 Å². The number of nitrogens with one attached hydrogen (secondary N) is 2. The highest BCUT2D eigenvalue weighted by Gasteiger charge is 2.12. The molecule has 1 heterocycles. The predicted molar refractivity (Wildman–Crippen MR) is 85.9 cm³/mol. The Morgan fingerprint density at radius 1 is 1.38 bits per heavy atom. The molecule has 21 heavy (non-hydrogen) atoms. The number of H-pyrrole nitrogens is 1. The van der Waals surface area contributed by atoms with Gasteiger partial charge in [0, 0.05) is 11.3 Å². The highest BCUT2D eigenvalue weighted by atomic mass is 35.5. The number of benzene rings is 1. The first-order chi connectivity index (χ1) is 10.0. The van der Waals surface area contributed by atoms with Crippen molar-refractivity contribution in [2.45, 2.75) is 6.92 Å². The fourth-order valence-electron chi connectivity index (χ4n) is 1.70. The zero-order valence-electron chi connectivity index (χ0n) is 11.3. The van der Waals surface area contributed by atoms with E-state index in [1.807, 2.05) is 19.1 Å². The maximum atomic E-state index is 12.1. The lowest BCUT2D eigenvalue weighted by Crippen LogP contribution is -2.13. The number of nitrogens with two attached hydrogens (primary N) is 1. The van der Waals surface area contributed by atoms with Crippen molar-refractivity contribution < 1.29 is 4.79 Å². The lowest BCUT2D eigenvalue weighted by atomic mass is 10.1. The Morgan fingerprint density at radius 2 is 2.14 bits per heavy atom. The van der Waals surface area contributed by atoms with E-state index in [0.717, 1.165) is 11.1 Å². The smallest absolute Gasteiger partial charge is 0.272 e. The lowest BCUT2D eigenvalue weighted by molar-refractivity contribution is 0.102. The van der Waals surface area contributed by atoms with Crippen molar-refractivity contribution in [3.8, 4) is 11.8 Å². The van der Waals surface area contributed by atoms with Crippen LogP contribution in [0.25, 0.3) is 0 Å². The van der Waals surface area contributed by atoms with Crippen LogP contribution in [-0.2, 0) is 0 Å². The van der Waals surface area contributed by atoms with E-state index < -0.39 is 0 Å². The van der Waals surface area contributed by atoms with Crippen LogP contribution in [0.5, 0.6) is 0 Å².